The zero-order valence-electron chi connectivity index (χ0n) is 11.6. The van der Waals surface area contributed by atoms with Crippen molar-refractivity contribution in [1.29, 1.82) is 0 Å². The van der Waals surface area contributed by atoms with Gasteiger partial charge in [0.1, 0.15) is 11.3 Å². The molecule has 0 unspecified atom stereocenters. The summed E-state index contributed by atoms with van der Waals surface area (Å²) in [7, 11) is -4.92. The first-order chi connectivity index (χ1) is 10.1. The van der Waals surface area contributed by atoms with Crippen LogP contribution in [0.4, 0.5) is 11.8 Å². The number of aromatic amines is 2. The fourth-order valence-corrected chi connectivity index (χ4v) is 1.96. The van der Waals surface area contributed by atoms with Gasteiger partial charge in [-0.2, -0.15) is 4.98 Å². The van der Waals surface area contributed by atoms with Gasteiger partial charge in [0.25, 0.3) is 0 Å². The number of nitrogens with two attached hydrogens (primary N) is 2. The molecule has 8 nitrogen and oxygen atoms in total. The molecule has 120 valence electrons. The van der Waals surface area contributed by atoms with Gasteiger partial charge in [0.2, 0.25) is 16.2 Å². The van der Waals surface area contributed by atoms with E-state index in [1.54, 1.807) is 0 Å². The van der Waals surface area contributed by atoms with Gasteiger partial charge in [0, 0.05) is 11.4 Å². The smallest absolute Gasteiger partial charge is 0.521 e. The molecule has 0 fully saturated rings. The number of hydrogen-bond acceptors (Lipinski definition) is 5. The monoisotopic (exact) mass is 347 g/mol. The summed E-state index contributed by atoms with van der Waals surface area (Å²) in [6, 6.07) is 7.55. The van der Waals surface area contributed by atoms with Crippen LogP contribution in [0.25, 0.3) is 11.1 Å². The van der Waals surface area contributed by atoms with Gasteiger partial charge in [-0.3, -0.25) is 4.55 Å². The Hall–Kier alpha value is -1.94. The Morgan fingerprint density at radius 1 is 1.23 bits per heavy atom. The summed E-state index contributed by atoms with van der Waals surface area (Å²) in [6.45, 7) is 2.05. The Kier molecular flexibility index (Phi) is 6.06. The number of anilines is 2. The second-order valence-corrected chi connectivity index (χ2v) is 5.51. The lowest BCUT2D eigenvalue weighted by Crippen LogP contribution is -2.30. The zero-order chi connectivity index (χ0) is 16.9. The summed E-state index contributed by atoms with van der Waals surface area (Å²) in [4.78, 5) is 5.98. The van der Waals surface area contributed by atoms with Crippen molar-refractivity contribution in [3.63, 3.8) is 0 Å². The molecule has 0 amide bonds. The Morgan fingerprint density at radius 2 is 1.73 bits per heavy atom. The average Bonchev–Trinajstić information content (AvgIpc) is 2.37. The van der Waals surface area contributed by atoms with Crippen LogP contribution in [0.15, 0.2) is 24.3 Å². The van der Waals surface area contributed by atoms with Crippen molar-refractivity contribution in [3.05, 3.63) is 35.0 Å². The first-order valence-corrected chi connectivity index (χ1v) is 7.82. The lowest BCUT2D eigenvalue weighted by molar-refractivity contribution is -0.497. The summed E-state index contributed by atoms with van der Waals surface area (Å²) in [5.74, 6) is 1.01. The highest BCUT2D eigenvalue weighted by molar-refractivity contribution is 7.79. The minimum absolute atomic E-state index is 0.456. The molecule has 0 atom stereocenters. The highest BCUT2D eigenvalue weighted by Gasteiger charge is 2.19. The molecular formula is C12H16ClN4O4S+. The first-order valence-electron chi connectivity index (χ1n) is 6.08. The number of hydrogen-bond donors (Lipinski definition) is 3. The number of rotatable bonds is 2. The molecule has 0 saturated heterocycles. The van der Waals surface area contributed by atoms with E-state index in [4.69, 9.17) is 40.6 Å². The van der Waals surface area contributed by atoms with Gasteiger partial charge in [0.15, 0.2) is 0 Å². The van der Waals surface area contributed by atoms with Gasteiger partial charge in [-0.15, -0.1) is 4.98 Å². The molecule has 10 heteroatoms. The molecule has 0 aliphatic rings. The summed E-state index contributed by atoms with van der Waals surface area (Å²) < 4.78 is 32.8. The van der Waals surface area contributed by atoms with Crippen molar-refractivity contribution in [2.45, 2.75) is 13.3 Å². The summed E-state index contributed by atoms with van der Waals surface area (Å²) >= 11 is 5.87. The van der Waals surface area contributed by atoms with Gasteiger partial charge < -0.3 is 10.3 Å². The predicted octanol–water partition coefficient (Wildman–Crippen LogP) is 0.367. The summed E-state index contributed by atoms with van der Waals surface area (Å²) in [5, 5.41) is 0.703. The number of nitrogens with one attached hydrogen (secondary N) is 2. The van der Waals surface area contributed by atoms with E-state index in [2.05, 4.69) is 9.97 Å². The second-order valence-electron chi connectivity index (χ2n) is 4.22. The van der Waals surface area contributed by atoms with Gasteiger partial charge >= 0.3 is 5.95 Å². The van der Waals surface area contributed by atoms with E-state index >= 15 is 0 Å². The third-order valence-electron chi connectivity index (χ3n) is 2.61. The van der Waals surface area contributed by atoms with Crippen molar-refractivity contribution >= 4 is 33.8 Å². The minimum atomic E-state index is -4.92. The number of nitrogen functional groups attached to an aromatic ring is 2. The molecule has 0 spiro atoms. The van der Waals surface area contributed by atoms with E-state index in [9.17, 15) is 0 Å². The number of aryl methyl sites for hydroxylation is 1. The normalized spacial score (nSPS) is 10.7. The quantitative estimate of drug-likeness (QED) is 0.525. The second kappa shape index (κ2) is 7.36. The van der Waals surface area contributed by atoms with Gasteiger partial charge in [0.05, 0.1) is 0 Å². The number of benzene rings is 1. The van der Waals surface area contributed by atoms with Crippen molar-refractivity contribution in [3.8, 4) is 11.1 Å². The van der Waals surface area contributed by atoms with E-state index in [1.807, 2.05) is 31.2 Å². The average molecular weight is 348 g/mol. The van der Waals surface area contributed by atoms with E-state index in [0.29, 0.717) is 16.8 Å². The highest BCUT2D eigenvalue weighted by atomic mass is 35.5. The van der Waals surface area contributed by atoms with E-state index in [1.165, 1.54) is 0 Å². The third-order valence-corrected chi connectivity index (χ3v) is 2.86. The third kappa shape index (κ3) is 5.82. The van der Waals surface area contributed by atoms with Gasteiger partial charge in [-0.25, -0.2) is 14.2 Å². The number of aromatic nitrogens is 2. The fraction of sp³-hybridized carbons (Fsp3) is 0.167. The van der Waals surface area contributed by atoms with Crippen molar-refractivity contribution in [2.75, 3.05) is 11.5 Å². The molecule has 22 heavy (non-hydrogen) atoms. The van der Waals surface area contributed by atoms with E-state index < -0.39 is 10.4 Å². The lowest BCUT2D eigenvalue weighted by Gasteiger charge is -2.04. The molecule has 1 aromatic carbocycles. The maximum atomic E-state index is 8.63. The lowest BCUT2D eigenvalue weighted by atomic mass is 10.0. The molecule has 0 saturated carbocycles. The number of halogens is 1. The Balaban J connectivity index is 0.000000422. The standard InChI is InChI=1S/C12H13ClN4.H2O4S/c1-2-9-10(11(14)17-12(15)16-9)7-3-5-8(13)6-4-7;1-5(2,3)4/h3-6H,2H2,1H3,(H4,14,15,16,17);(H2,1,2,3,4)/p+1. The Morgan fingerprint density at radius 3 is 2.18 bits per heavy atom. The maximum Gasteiger partial charge on any atom is 0.521 e. The van der Waals surface area contributed by atoms with E-state index in [-0.39, 0.29) is 0 Å². The van der Waals surface area contributed by atoms with Crippen LogP contribution in [0.5, 0.6) is 0 Å². The molecule has 0 aliphatic carbocycles. The predicted molar refractivity (Wildman–Crippen MR) is 80.5 cm³/mol. The summed E-state index contributed by atoms with van der Waals surface area (Å²) in [5.41, 5.74) is 14.6. The van der Waals surface area contributed by atoms with Crippen LogP contribution >= 0.6 is 11.6 Å². The highest BCUT2D eigenvalue weighted by Crippen LogP contribution is 2.26. The van der Waals surface area contributed by atoms with Crippen LogP contribution in [-0.2, 0) is 16.8 Å². The molecule has 1 heterocycles. The molecule has 0 radical (unpaired) electrons. The first kappa shape index (κ1) is 18.1. The fourth-order valence-electron chi connectivity index (χ4n) is 1.84. The minimum Gasteiger partial charge on any atom is -0.726 e. The molecule has 1 aromatic heterocycles. The van der Waals surface area contributed by atoms with E-state index in [0.717, 1.165) is 23.2 Å². The maximum absolute atomic E-state index is 8.63. The topological polar surface area (TPSA) is 158 Å². The van der Waals surface area contributed by atoms with Crippen molar-refractivity contribution in [1.82, 2.24) is 0 Å². The molecular weight excluding hydrogens is 332 g/mol. The Labute approximate surface area is 132 Å². The largest absolute Gasteiger partial charge is 0.726 e. The van der Waals surface area contributed by atoms with Crippen LogP contribution in [0.3, 0.4) is 0 Å². The van der Waals surface area contributed by atoms with Gasteiger partial charge in [-0.05, 0) is 17.7 Å². The molecule has 2 rings (SSSR count). The van der Waals surface area contributed by atoms with Crippen molar-refractivity contribution in [2.24, 2.45) is 0 Å². The van der Waals surface area contributed by atoms with Crippen molar-refractivity contribution < 1.29 is 27.5 Å². The van der Waals surface area contributed by atoms with Crippen LogP contribution in [0.1, 0.15) is 12.6 Å². The molecule has 0 bridgehead atoms. The summed E-state index contributed by atoms with van der Waals surface area (Å²) in [6.07, 6.45) is 0.820. The molecule has 0 aliphatic heterocycles. The zero-order valence-corrected chi connectivity index (χ0v) is 13.2. The number of H-pyrrole nitrogens is 2. The van der Waals surface area contributed by atoms with Crippen LogP contribution in [0.2, 0.25) is 5.02 Å². The van der Waals surface area contributed by atoms with Crippen LogP contribution in [0, 0.1) is 0 Å². The van der Waals surface area contributed by atoms with Crippen LogP contribution < -0.4 is 21.4 Å². The Bertz CT molecular complexity index is 742. The SMILES string of the molecule is CCc1[nH+]c(N)[nH+]c(N)c1-c1ccc(Cl)cc1.O=S(=O)([O-])O. The van der Waals surface area contributed by atoms with Crippen LogP contribution in [-0.4, -0.2) is 17.5 Å². The molecule has 7 N–H and O–H groups in total. The van der Waals surface area contributed by atoms with Gasteiger partial charge in [-0.1, -0.05) is 30.7 Å². The molecule has 2 aromatic rings.